The van der Waals surface area contributed by atoms with Gasteiger partial charge in [0.05, 0.1) is 6.04 Å². The fourth-order valence-electron chi connectivity index (χ4n) is 3.41. The molecule has 2 nitrogen and oxygen atoms in total. The smallest absolute Gasteiger partial charge is 0.223 e. The lowest BCUT2D eigenvalue weighted by molar-refractivity contribution is -0.128. The van der Waals surface area contributed by atoms with Gasteiger partial charge < -0.3 is 5.32 Å². The summed E-state index contributed by atoms with van der Waals surface area (Å²) in [5, 5.41) is 4.06. The largest absolute Gasteiger partial charge is 0.349 e. The lowest BCUT2D eigenvalue weighted by atomic mass is 9.83. The van der Waals surface area contributed by atoms with Gasteiger partial charge in [-0.3, -0.25) is 4.79 Å². The van der Waals surface area contributed by atoms with Crippen LogP contribution < -0.4 is 5.32 Å². The summed E-state index contributed by atoms with van der Waals surface area (Å²) in [7, 11) is 0. The summed E-state index contributed by atoms with van der Waals surface area (Å²) >= 11 is 6.12. The SMILES string of the molecule is O=C(NC(c1cccc(Cl)c1)C1CCCC1)C1CCC1. The highest BCUT2D eigenvalue weighted by atomic mass is 35.5. The van der Waals surface area contributed by atoms with Crippen LogP contribution in [0.25, 0.3) is 0 Å². The highest BCUT2D eigenvalue weighted by molar-refractivity contribution is 6.30. The van der Waals surface area contributed by atoms with Gasteiger partial charge in [-0.2, -0.15) is 0 Å². The number of nitrogens with one attached hydrogen (secondary N) is 1. The van der Waals surface area contributed by atoms with Gasteiger partial charge >= 0.3 is 0 Å². The lowest BCUT2D eigenvalue weighted by Crippen LogP contribution is -2.39. The fraction of sp³-hybridized carbons (Fsp3) is 0.588. The van der Waals surface area contributed by atoms with Crippen molar-refractivity contribution in [2.75, 3.05) is 0 Å². The molecule has 0 aliphatic heterocycles. The molecule has 1 atom stereocenters. The topological polar surface area (TPSA) is 29.1 Å². The van der Waals surface area contributed by atoms with E-state index in [4.69, 9.17) is 11.6 Å². The minimum Gasteiger partial charge on any atom is -0.349 e. The average molecular weight is 292 g/mol. The zero-order valence-electron chi connectivity index (χ0n) is 11.8. The van der Waals surface area contributed by atoms with Gasteiger partial charge in [0.2, 0.25) is 5.91 Å². The van der Waals surface area contributed by atoms with Crippen molar-refractivity contribution in [3.8, 4) is 0 Å². The maximum Gasteiger partial charge on any atom is 0.223 e. The molecular formula is C17H22ClNO. The first-order valence-electron chi connectivity index (χ1n) is 7.80. The first-order valence-corrected chi connectivity index (χ1v) is 8.17. The zero-order valence-corrected chi connectivity index (χ0v) is 12.5. The highest BCUT2D eigenvalue weighted by Crippen LogP contribution is 2.37. The number of hydrogen-bond acceptors (Lipinski definition) is 1. The van der Waals surface area contributed by atoms with E-state index >= 15 is 0 Å². The summed E-state index contributed by atoms with van der Waals surface area (Å²) in [6.45, 7) is 0. The number of benzene rings is 1. The van der Waals surface area contributed by atoms with Gasteiger partial charge in [-0.05, 0) is 49.3 Å². The van der Waals surface area contributed by atoms with Crippen molar-refractivity contribution in [2.45, 2.75) is 51.0 Å². The quantitative estimate of drug-likeness (QED) is 0.870. The molecule has 0 heterocycles. The van der Waals surface area contributed by atoms with E-state index in [-0.39, 0.29) is 17.9 Å². The third-order valence-electron chi connectivity index (χ3n) is 4.85. The van der Waals surface area contributed by atoms with Crippen LogP contribution in [0.15, 0.2) is 24.3 Å². The first-order chi connectivity index (χ1) is 9.74. The van der Waals surface area contributed by atoms with Crippen LogP contribution in [0, 0.1) is 11.8 Å². The molecule has 0 saturated heterocycles. The molecule has 1 unspecified atom stereocenters. The van der Waals surface area contributed by atoms with Gasteiger partial charge in [-0.25, -0.2) is 0 Å². The summed E-state index contributed by atoms with van der Waals surface area (Å²) in [6.07, 6.45) is 8.28. The lowest BCUT2D eigenvalue weighted by Gasteiger charge is -2.30. The van der Waals surface area contributed by atoms with E-state index < -0.39 is 0 Å². The molecule has 2 saturated carbocycles. The number of halogens is 1. The van der Waals surface area contributed by atoms with Crippen LogP contribution in [0.2, 0.25) is 5.02 Å². The zero-order chi connectivity index (χ0) is 13.9. The Hall–Kier alpha value is -1.02. The van der Waals surface area contributed by atoms with Gasteiger partial charge in [-0.1, -0.05) is 43.0 Å². The van der Waals surface area contributed by atoms with E-state index in [9.17, 15) is 4.79 Å². The van der Waals surface area contributed by atoms with Gasteiger partial charge in [-0.15, -0.1) is 0 Å². The number of rotatable bonds is 4. The molecular weight excluding hydrogens is 270 g/mol. The standard InChI is InChI=1S/C17H22ClNO/c18-15-10-4-9-14(11-15)16(12-5-1-2-6-12)19-17(20)13-7-3-8-13/h4,9-13,16H,1-3,5-8H2,(H,19,20). The minimum atomic E-state index is 0.143. The van der Waals surface area contributed by atoms with Crippen molar-refractivity contribution >= 4 is 17.5 Å². The summed E-state index contributed by atoms with van der Waals surface area (Å²) in [4.78, 5) is 12.3. The second-order valence-electron chi connectivity index (χ2n) is 6.21. The Morgan fingerprint density at radius 1 is 1.15 bits per heavy atom. The van der Waals surface area contributed by atoms with Crippen LogP contribution in [0.3, 0.4) is 0 Å². The molecule has 0 bridgehead atoms. The molecule has 2 fully saturated rings. The summed E-state index contributed by atoms with van der Waals surface area (Å²) < 4.78 is 0. The summed E-state index contributed by atoms with van der Waals surface area (Å²) in [6, 6.07) is 8.12. The van der Waals surface area contributed by atoms with Gasteiger partial charge in [0, 0.05) is 10.9 Å². The van der Waals surface area contributed by atoms with Crippen molar-refractivity contribution in [1.29, 1.82) is 0 Å². The molecule has 3 rings (SSSR count). The van der Waals surface area contributed by atoms with Crippen molar-refractivity contribution in [2.24, 2.45) is 11.8 Å². The fourth-order valence-corrected chi connectivity index (χ4v) is 3.60. The number of hydrogen-bond donors (Lipinski definition) is 1. The third kappa shape index (κ3) is 3.01. The molecule has 1 N–H and O–H groups in total. The molecule has 3 heteroatoms. The van der Waals surface area contributed by atoms with E-state index in [1.165, 1.54) is 32.1 Å². The van der Waals surface area contributed by atoms with E-state index in [2.05, 4.69) is 11.4 Å². The Balaban J connectivity index is 1.77. The van der Waals surface area contributed by atoms with E-state index in [1.54, 1.807) is 0 Å². The van der Waals surface area contributed by atoms with Gasteiger partial charge in [0.1, 0.15) is 0 Å². The normalized spacial score (nSPS) is 21.4. The molecule has 0 aromatic heterocycles. The van der Waals surface area contributed by atoms with Crippen LogP contribution in [0.1, 0.15) is 56.6 Å². The summed E-state index contributed by atoms with van der Waals surface area (Å²) in [5.41, 5.74) is 1.16. The molecule has 0 radical (unpaired) electrons. The average Bonchev–Trinajstić information content (AvgIpc) is 2.87. The monoisotopic (exact) mass is 291 g/mol. The van der Waals surface area contributed by atoms with Crippen LogP contribution in [-0.4, -0.2) is 5.91 Å². The highest BCUT2D eigenvalue weighted by Gasteiger charge is 2.32. The first kappa shape index (κ1) is 13.9. The van der Waals surface area contributed by atoms with E-state index in [0.717, 1.165) is 23.4 Å². The summed E-state index contributed by atoms with van der Waals surface area (Å²) in [5.74, 6) is 1.06. The second kappa shape index (κ2) is 6.17. The van der Waals surface area contributed by atoms with Crippen molar-refractivity contribution < 1.29 is 4.79 Å². The van der Waals surface area contributed by atoms with Crippen LogP contribution in [0.5, 0.6) is 0 Å². The molecule has 2 aliphatic carbocycles. The molecule has 0 spiro atoms. The van der Waals surface area contributed by atoms with E-state index in [0.29, 0.717) is 5.92 Å². The van der Waals surface area contributed by atoms with Gasteiger partial charge in [0.15, 0.2) is 0 Å². The Labute approximate surface area is 125 Å². The van der Waals surface area contributed by atoms with Crippen molar-refractivity contribution in [1.82, 2.24) is 5.32 Å². The number of carbonyl (C=O) groups excluding carboxylic acids is 1. The number of amides is 1. The molecule has 2 aliphatic rings. The number of carbonyl (C=O) groups is 1. The second-order valence-corrected chi connectivity index (χ2v) is 6.65. The maximum absolute atomic E-state index is 12.3. The predicted molar refractivity (Wildman–Crippen MR) is 81.6 cm³/mol. The van der Waals surface area contributed by atoms with Crippen molar-refractivity contribution in [3.05, 3.63) is 34.9 Å². The Morgan fingerprint density at radius 3 is 2.50 bits per heavy atom. The predicted octanol–water partition coefficient (Wildman–Crippen LogP) is 4.49. The van der Waals surface area contributed by atoms with E-state index in [1.807, 2.05) is 18.2 Å². The van der Waals surface area contributed by atoms with Gasteiger partial charge in [0.25, 0.3) is 0 Å². The molecule has 1 aromatic rings. The Bertz CT molecular complexity index is 478. The van der Waals surface area contributed by atoms with Crippen LogP contribution in [0.4, 0.5) is 0 Å². The molecule has 108 valence electrons. The Kier molecular flexibility index (Phi) is 4.30. The maximum atomic E-state index is 12.3. The molecule has 1 amide bonds. The molecule has 1 aromatic carbocycles. The molecule has 20 heavy (non-hydrogen) atoms. The van der Waals surface area contributed by atoms with Crippen LogP contribution in [-0.2, 0) is 4.79 Å². The van der Waals surface area contributed by atoms with Crippen LogP contribution >= 0.6 is 11.6 Å². The third-order valence-corrected chi connectivity index (χ3v) is 5.09. The Morgan fingerprint density at radius 2 is 1.90 bits per heavy atom. The minimum absolute atomic E-state index is 0.143. The van der Waals surface area contributed by atoms with Crippen molar-refractivity contribution in [3.63, 3.8) is 0 Å².